The molecule has 6 N–H and O–H groups in total. The summed E-state index contributed by atoms with van der Waals surface area (Å²) in [6, 6.07) is 13.7. The quantitative estimate of drug-likeness (QED) is 0.0409. The molecule has 4 aromatic rings. The van der Waals surface area contributed by atoms with Crippen LogP contribution in [0.5, 0.6) is 5.75 Å². The number of carbonyl (C=O) groups is 4. The molecule has 3 heterocycles. The van der Waals surface area contributed by atoms with Gasteiger partial charge in [-0.05, 0) is 67.0 Å². The molecule has 1 fully saturated rings. The van der Waals surface area contributed by atoms with Crippen molar-refractivity contribution < 1.29 is 28.7 Å². The van der Waals surface area contributed by atoms with Gasteiger partial charge in [0.15, 0.2) is 5.82 Å². The molecule has 0 saturated carbocycles. The van der Waals surface area contributed by atoms with E-state index in [1.807, 2.05) is 33.0 Å². The Hall–Kier alpha value is -5.90. The van der Waals surface area contributed by atoms with Crippen LogP contribution in [0.4, 0.5) is 22.2 Å². The number of carbonyl (C=O) groups excluding carboxylic acids is 4. The summed E-state index contributed by atoms with van der Waals surface area (Å²) in [4.78, 5) is 64.0. The maximum Gasteiger partial charge on any atom is 0.410 e. The Morgan fingerprint density at radius 1 is 0.803 bits per heavy atom. The molecule has 0 bridgehead atoms. The van der Waals surface area contributed by atoms with Crippen molar-refractivity contribution in [2.75, 3.05) is 56.2 Å². The van der Waals surface area contributed by atoms with Crippen molar-refractivity contribution in [3.63, 3.8) is 0 Å². The molecule has 2 aromatic heterocycles. The van der Waals surface area contributed by atoms with Crippen LogP contribution in [0.25, 0.3) is 11.0 Å². The average Bonchev–Trinajstić information content (AvgIpc) is 3.70. The first kappa shape index (κ1) is 51.1. The van der Waals surface area contributed by atoms with Crippen LogP contribution >= 0.6 is 0 Å². The van der Waals surface area contributed by atoms with Gasteiger partial charge in [-0.15, -0.1) is 0 Å². The summed E-state index contributed by atoms with van der Waals surface area (Å²) in [5, 5.41) is 11.8. The first-order valence-electron chi connectivity index (χ1n) is 23.9. The lowest BCUT2D eigenvalue weighted by Crippen LogP contribution is -2.53. The minimum absolute atomic E-state index is 0.0860. The third-order valence-corrected chi connectivity index (χ3v) is 12.2. The first-order valence-corrected chi connectivity index (χ1v) is 23.9. The van der Waals surface area contributed by atoms with E-state index >= 15 is 0 Å². The summed E-state index contributed by atoms with van der Waals surface area (Å²) in [5.41, 5.74) is 11.3. The predicted octanol–water partition coefficient (Wildman–Crippen LogP) is 7.71. The largest absolute Gasteiger partial charge is 0.496 e. The third kappa shape index (κ3) is 15.3. The molecular formula is C50H74N10O6. The SMILES string of the molecule is CCCCC(C)CCCCCNc1nc(N)nc2ccn(Cc3ccc(CN4CCN(C(=O)OCc5ccc(NC(=O)[C@H](C)NC(=O)[C@@H](NC(=O)CCC)C(C)C)cc5)CC4)cc3OC)c12. The molecule has 3 atom stereocenters. The number of rotatable bonds is 25. The number of aromatic nitrogens is 3. The maximum atomic E-state index is 13.0. The second-order valence-corrected chi connectivity index (χ2v) is 18.1. The van der Waals surface area contributed by atoms with E-state index in [4.69, 9.17) is 15.2 Å². The minimum Gasteiger partial charge on any atom is -0.496 e. The summed E-state index contributed by atoms with van der Waals surface area (Å²) in [6.07, 6.45) is 11.3. The summed E-state index contributed by atoms with van der Waals surface area (Å²) in [6.45, 7) is 16.5. The highest BCUT2D eigenvalue weighted by Gasteiger charge is 2.27. The van der Waals surface area contributed by atoms with Crippen LogP contribution in [0.3, 0.4) is 0 Å². The van der Waals surface area contributed by atoms with E-state index in [2.05, 4.69) is 72.7 Å². The smallest absolute Gasteiger partial charge is 0.410 e. The molecule has 16 nitrogen and oxygen atoms in total. The average molecular weight is 911 g/mol. The Kier molecular flexibility index (Phi) is 19.9. The van der Waals surface area contributed by atoms with Gasteiger partial charge in [-0.2, -0.15) is 4.98 Å². The van der Waals surface area contributed by atoms with Crippen molar-refractivity contribution in [3.05, 3.63) is 71.4 Å². The first-order chi connectivity index (χ1) is 31.8. The molecule has 0 radical (unpaired) electrons. The van der Waals surface area contributed by atoms with Gasteiger partial charge >= 0.3 is 6.09 Å². The number of amides is 4. The van der Waals surface area contributed by atoms with Crippen molar-refractivity contribution in [1.29, 1.82) is 0 Å². The zero-order chi connectivity index (χ0) is 47.6. The van der Waals surface area contributed by atoms with E-state index in [-0.39, 0.29) is 30.5 Å². The van der Waals surface area contributed by atoms with E-state index in [0.29, 0.717) is 57.8 Å². The van der Waals surface area contributed by atoms with E-state index in [1.165, 1.54) is 38.5 Å². The lowest BCUT2D eigenvalue weighted by atomic mass is 9.97. The number of ether oxygens (including phenoxy) is 2. The fourth-order valence-corrected chi connectivity index (χ4v) is 8.17. The number of piperazine rings is 1. The Bertz CT molecular complexity index is 2190. The molecule has 0 aliphatic carbocycles. The molecule has 1 aliphatic heterocycles. The van der Waals surface area contributed by atoms with Crippen LogP contribution in [0.15, 0.2) is 54.7 Å². The normalized spacial score (nSPS) is 14.4. The fraction of sp³-hybridized carbons (Fsp3) is 0.560. The summed E-state index contributed by atoms with van der Waals surface area (Å²) in [7, 11) is 1.70. The molecule has 360 valence electrons. The van der Waals surface area contributed by atoms with E-state index in [0.717, 1.165) is 58.2 Å². The van der Waals surface area contributed by atoms with E-state index in [1.54, 1.807) is 43.2 Å². The van der Waals surface area contributed by atoms with Gasteiger partial charge < -0.3 is 45.9 Å². The van der Waals surface area contributed by atoms with Gasteiger partial charge in [0.25, 0.3) is 0 Å². The number of nitrogen functional groups attached to an aromatic ring is 1. The summed E-state index contributed by atoms with van der Waals surface area (Å²) in [5.74, 6) is 1.43. The Morgan fingerprint density at radius 2 is 1.53 bits per heavy atom. The van der Waals surface area contributed by atoms with Gasteiger partial charge in [0, 0.05) is 63.1 Å². The fourth-order valence-electron chi connectivity index (χ4n) is 8.17. The van der Waals surface area contributed by atoms with Crippen LogP contribution in [0.1, 0.15) is 116 Å². The van der Waals surface area contributed by atoms with Gasteiger partial charge in [0.1, 0.15) is 30.0 Å². The van der Waals surface area contributed by atoms with Crippen molar-refractivity contribution in [2.24, 2.45) is 11.8 Å². The van der Waals surface area contributed by atoms with Gasteiger partial charge in [0.05, 0.1) is 19.2 Å². The van der Waals surface area contributed by atoms with Crippen LogP contribution < -0.4 is 31.7 Å². The number of hydrogen-bond acceptors (Lipinski definition) is 11. The van der Waals surface area contributed by atoms with Crippen LogP contribution in [0, 0.1) is 11.8 Å². The molecule has 1 unspecified atom stereocenters. The molecule has 5 rings (SSSR count). The van der Waals surface area contributed by atoms with Crippen molar-refractivity contribution in [2.45, 2.75) is 131 Å². The van der Waals surface area contributed by atoms with E-state index < -0.39 is 23.9 Å². The monoisotopic (exact) mass is 911 g/mol. The van der Waals surface area contributed by atoms with Gasteiger partial charge in [-0.3, -0.25) is 19.3 Å². The Labute approximate surface area is 391 Å². The number of nitrogens with zero attached hydrogens (tertiary/aromatic N) is 5. The molecule has 1 aliphatic rings. The Morgan fingerprint density at radius 3 is 2.23 bits per heavy atom. The second kappa shape index (κ2) is 25.7. The van der Waals surface area contributed by atoms with Crippen LogP contribution in [-0.2, 0) is 38.8 Å². The highest BCUT2D eigenvalue weighted by Crippen LogP contribution is 2.28. The van der Waals surface area contributed by atoms with Crippen LogP contribution in [-0.4, -0.2) is 100 Å². The number of anilines is 3. The molecule has 1 saturated heterocycles. The van der Waals surface area contributed by atoms with E-state index in [9.17, 15) is 19.2 Å². The second-order valence-electron chi connectivity index (χ2n) is 18.1. The molecular weight excluding hydrogens is 837 g/mol. The highest BCUT2D eigenvalue weighted by atomic mass is 16.6. The highest BCUT2D eigenvalue weighted by molar-refractivity contribution is 5.98. The topological polar surface area (TPSA) is 198 Å². The zero-order valence-corrected chi connectivity index (χ0v) is 40.3. The molecule has 2 aromatic carbocycles. The lowest BCUT2D eigenvalue weighted by Gasteiger charge is -2.34. The molecule has 16 heteroatoms. The predicted molar refractivity (Wildman–Crippen MR) is 261 cm³/mol. The third-order valence-electron chi connectivity index (χ3n) is 12.2. The van der Waals surface area contributed by atoms with Gasteiger partial charge in [-0.1, -0.05) is 97.4 Å². The zero-order valence-electron chi connectivity index (χ0n) is 40.3. The summed E-state index contributed by atoms with van der Waals surface area (Å²) < 4.78 is 13.7. The minimum atomic E-state index is -0.832. The molecule has 0 spiro atoms. The number of nitrogens with one attached hydrogen (secondary N) is 4. The number of methoxy groups -OCH3 is 1. The standard InChI is InChI=1S/C50H74N10O6/c1-8-10-15-35(5)16-12-11-13-24-52-46-45-41(55-49(51)57-46)23-25-60(45)32-39-20-17-38(30-42(39)65-7)31-58-26-28-59(29-27-58)50(64)66-33-37-18-21-40(22-19-37)54-47(62)36(6)53-48(63)44(34(3)4)56-43(61)14-9-2/h17-23,25,30,34-36,44H,8-16,24,26-29,31-33H2,1-7H3,(H,53,63)(H,54,62)(H,56,61)(H3,51,52,55,57)/t35?,36-,44-/m0/s1. The lowest BCUT2D eigenvalue weighted by molar-refractivity contribution is -0.131. The number of hydrogen-bond donors (Lipinski definition) is 5. The van der Waals surface area contributed by atoms with Crippen molar-refractivity contribution >= 4 is 52.3 Å². The number of nitrogens with two attached hydrogens (primary N) is 1. The Balaban J connectivity index is 1.05. The number of unbranched alkanes of at least 4 members (excludes halogenated alkanes) is 3. The van der Waals surface area contributed by atoms with Crippen LogP contribution in [0.2, 0.25) is 0 Å². The summed E-state index contributed by atoms with van der Waals surface area (Å²) >= 11 is 0. The van der Waals surface area contributed by atoms with Crippen molar-refractivity contribution in [1.82, 2.24) is 35.0 Å². The number of fused-ring (bicyclic) bond motifs is 1. The number of benzene rings is 2. The molecule has 4 amide bonds. The van der Waals surface area contributed by atoms with Gasteiger partial charge in [0.2, 0.25) is 23.7 Å². The van der Waals surface area contributed by atoms with Crippen molar-refractivity contribution in [3.8, 4) is 5.75 Å². The maximum absolute atomic E-state index is 13.0. The molecule has 66 heavy (non-hydrogen) atoms. The van der Waals surface area contributed by atoms with Gasteiger partial charge in [-0.25, -0.2) is 9.78 Å².